The number of aromatic nitrogens is 2. The summed E-state index contributed by atoms with van der Waals surface area (Å²) in [6, 6.07) is 5.05. The predicted octanol–water partition coefficient (Wildman–Crippen LogP) is 3.67. The Morgan fingerprint density at radius 2 is 2.09 bits per heavy atom. The molecular formula is C16H21ClFN3O. The summed E-state index contributed by atoms with van der Waals surface area (Å²) in [6.45, 7) is 1.72. The van der Waals surface area contributed by atoms with Gasteiger partial charge in [-0.25, -0.2) is 4.39 Å². The van der Waals surface area contributed by atoms with Crippen molar-refractivity contribution in [3.63, 3.8) is 0 Å². The normalized spacial score (nSPS) is 21.4. The Hall–Kier alpha value is -1.46. The Balaban J connectivity index is 0.00000176. The first-order chi connectivity index (χ1) is 10.1. The molecule has 1 aliphatic carbocycles. The zero-order valence-corrected chi connectivity index (χ0v) is 13.4. The van der Waals surface area contributed by atoms with Gasteiger partial charge < -0.3 is 10.3 Å². The van der Waals surface area contributed by atoms with Gasteiger partial charge in [0.15, 0.2) is 0 Å². The van der Waals surface area contributed by atoms with Gasteiger partial charge >= 0.3 is 0 Å². The highest BCUT2D eigenvalue weighted by Crippen LogP contribution is 2.27. The molecule has 22 heavy (non-hydrogen) atoms. The summed E-state index contributed by atoms with van der Waals surface area (Å²) in [5, 5.41) is 4.00. The highest BCUT2D eigenvalue weighted by Gasteiger charge is 2.24. The fraction of sp³-hybridized carbons (Fsp3) is 0.500. The molecule has 1 heterocycles. The largest absolute Gasteiger partial charge is 0.339 e. The SMILES string of the molecule is Cc1cc(-c2noc(CC3CCCCC3N)n2)ccc1F.Cl. The number of halogens is 2. The first-order valence-electron chi connectivity index (χ1n) is 7.48. The molecule has 1 saturated carbocycles. The number of rotatable bonds is 3. The lowest BCUT2D eigenvalue weighted by Crippen LogP contribution is -2.34. The topological polar surface area (TPSA) is 64.9 Å². The highest BCUT2D eigenvalue weighted by atomic mass is 35.5. The molecule has 0 aliphatic heterocycles. The van der Waals surface area contributed by atoms with Crippen molar-refractivity contribution in [3.8, 4) is 11.4 Å². The van der Waals surface area contributed by atoms with Gasteiger partial charge in [-0.05, 0) is 49.4 Å². The fourth-order valence-electron chi connectivity index (χ4n) is 2.95. The molecule has 2 atom stereocenters. The van der Waals surface area contributed by atoms with E-state index in [1.165, 1.54) is 18.9 Å². The fourth-order valence-corrected chi connectivity index (χ4v) is 2.95. The Labute approximate surface area is 135 Å². The van der Waals surface area contributed by atoms with Crippen molar-refractivity contribution < 1.29 is 8.91 Å². The maximum absolute atomic E-state index is 13.3. The number of nitrogens with zero attached hydrogens (tertiary/aromatic N) is 2. The summed E-state index contributed by atoms with van der Waals surface area (Å²) in [7, 11) is 0. The Morgan fingerprint density at radius 3 is 2.82 bits per heavy atom. The molecule has 2 unspecified atom stereocenters. The van der Waals surface area contributed by atoms with Gasteiger partial charge in [-0.1, -0.05) is 18.0 Å². The summed E-state index contributed by atoms with van der Waals surface area (Å²) in [5.41, 5.74) is 7.50. The number of nitrogens with two attached hydrogens (primary N) is 1. The standard InChI is InChI=1S/C16H20FN3O.ClH/c1-10-8-12(6-7-13(10)17)16-19-15(21-20-16)9-11-4-2-3-5-14(11)18;/h6-8,11,14H,2-5,9,18H2,1H3;1H. The van der Waals surface area contributed by atoms with Crippen LogP contribution in [0, 0.1) is 18.7 Å². The number of hydrogen-bond acceptors (Lipinski definition) is 4. The third kappa shape index (κ3) is 3.65. The molecule has 0 amide bonds. The van der Waals surface area contributed by atoms with Gasteiger partial charge in [0.05, 0.1) is 0 Å². The molecule has 2 N–H and O–H groups in total. The van der Waals surface area contributed by atoms with Crippen LogP contribution in [0.1, 0.15) is 37.1 Å². The lowest BCUT2D eigenvalue weighted by molar-refractivity contribution is 0.273. The van der Waals surface area contributed by atoms with E-state index >= 15 is 0 Å². The second-order valence-corrected chi connectivity index (χ2v) is 5.89. The zero-order chi connectivity index (χ0) is 14.8. The van der Waals surface area contributed by atoms with Crippen molar-refractivity contribution in [2.45, 2.75) is 45.1 Å². The molecule has 1 fully saturated rings. The molecule has 1 aromatic heterocycles. The second kappa shape index (κ2) is 7.20. The molecule has 1 aromatic carbocycles. The first-order valence-corrected chi connectivity index (χ1v) is 7.48. The smallest absolute Gasteiger partial charge is 0.227 e. The molecule has 3 rings (SSSR count). The Kier molecular flexibility index (Phi) is 5.53. The van der Waals surface area contributed by atoms with Crippen molar-refractivity contribution in [2.75, 3.05) is 0 Å². The molecular weight excluding hydrogens is 305 g/mol. The quantitative estimate of drug-likeness (QED) is 0.935. The van der Waals surface area contributed by atoms with Crippen LogP contribution in [-0.4, -0.2) is 16.2 Å². The van der Waals surface area contributed by atoms with Crippen LogP contribution in [0.3, 0.4) is 0 Å². The third-order valence-corrected chi connectivity index (χ3v) is 4.29. The summed E-state index contributed by atoms with van der Waals surface area (Å²) < 4.78 is 18.6. The van der Waals surface area contributed by atoms with E-state index < -0.39 is 0 Å². The van der Waals surface area contributed by atoms with E-state index in [2.05, 4.69) is 10.1 Å². The molecule has 6 heteroatoms. The van der Waals surface area contributed by atoms with Crippen molar-refractivity contribution in [3.05, 3.63) is 35.5 Å². The van der Waals surface area contributed by atoms with Crippen LogP contribution >= 0.6 is 12.4 Å². The van der Waals surface area contributed by atoms with Crippen LogP contribution in [-0.2, 0) is 6.42 Å². The van der Waals surface area contributed by atoms with Crippen LogP contribution in [0.15, 0.2) is 22.7 Å². The van der Waals surface area contributed by atoms with Gasteiger partial charge in [0.1, 0.15) is 5.82 Å². The number of aryl methyl sites for hydroxylation is 1. The maximum Gasteiger partial charge on any atom is 0.227 e. The first kappa shape index (κ1) is 16.9. The molecule has 120 valence electrons. The minimum absolute atomic E-state index is 0. The van der Waals surface area contributed by atoms with Crippen LogP contribution in [0.5, 0.6) is 0 Å². The number of benzene rings is 1. The van der Waals surface area contributed by atoms with E-state index in [1.54, 1.807) is 19.1 Å². The minimum Gasteiger partial charge on any atom is -0.339 e. The van der Waals surface area contributed by atoms with Gasteiger partial charge in [0.2, 0.25) is 11.7 Å². The van der Waals surface area contributed by atoms with Gasteiger partial charge in [0.25, 0.3) is 0 Å². The molecule has 4 nitrogen and oxygen atoms in total. The lowest BCUT2D eigenvalue weighted by Gasteiger charge is -2.27. The van der Waals surface area contributed by atoms with Crippen LogP contribution in [0.4, 0.5) is 4.39 Å². The van der Waals surface area contributed by atoms with E-state index in [4.69, 9.17) is 10.3 Å². The second-order valence-electron chi connectivity index (χ2n) is 5.89. The van der Waals surface area contributed by atoms with Gasteiger partial charge in [0, 0.05) is 18.0 Å². The molecule has 0 spiro atoms. The van der Waals surface area contributed by atoms with E-state index in [-0.39, 0.29) is 24.3 Å². The van der Waals surface area contributed by atoms with Crippen LogP contribution in [0.2, 0.25) is 0 Å². The Morgan fingerprint density at radius 1 is 1.32 bits per heavy atom. The van der Waals surface area contributed by atoms with E-state index in [9.17, 15) is 4.39 Å². The molecule has 0 saturated heterocycles. The van der Waals surface area contributed by atoms with Crippen molar-refractivity contribution in [1.82, 2.24) is 10.1 Å². The van der Waals surface area contributed by atoms with Crippen LogP contribution in [0.25, 0.3) is 11.4 Å². The predicted molar refractivity (Wildman–Crippen MR) is 85.3 cm³/mol. The van der Waals surface area contributed by atoms with Crippen LogP contribution < -0.4 is 5.73 Å². The zero-order valence-electron chi connectivity index (χ0n) is 12.6. The lowest BCUT2D eigenvalue weighted by atomic mass is 9.83. The molecule has 0 radical (unpaired) electrons. The van der Waals surface area contributed by atoms with E-state index in [0.29, 0.717) is 23.2 Å². The van der Waals surface area contributed by atoms with Crippen molar-refractivity contribution >= 4 is 12.4 Å². The van der Waals surface area contributed by atoms with Gasteiger partial charge in [-0.2, -0.15) is 4.98 Å². The van der Waals surface area contributed by atoms with Crippen molar-refractivity contribution in [2.24, 2.45) is 11.7 Å². The van der Waals surface area contributed by atoms with E-state index in [1.807, 2.05) is 0 Å². The molecule has 1 aliphatic rings. The highest BCUT2D eigenvalue weighted by molar-refractivity contribution is 5.85. The summed E-state index contributed by atoms with van der Waals surface area (Å²) >= 11 is 0. The monoisotopic (exact) mass is 325 g/mol. The average Bonchev–Trinajstić information content (AvgIpc) is 2.93. The number of hydrogen-bond donors (Lipinski definition) is 1. The van der Waals surface area contributed by atoms with Gasteiger partial charge in [-0.3, -0.25) is 0 Å². The molecule has 2 aromatic rings. The average molecular weight is 326 g/mol. The van der Waals surface area contributed by atoms with E-state index in [0.717, 1.165) is 24.8 Å². The molecule has 0 bridgehead atoms. The Bertz CT molecular complexity index is 632. The maximum atomic E-state index is 13.3. The summed E-state index contributed by atoms with van der Waals surface area (Å²) in [5.74, 6) is 1.32. The minimum atomic E-state index is -0.226. The van der Waals surface area contributed by atoms with Gasteiger partial charge in [-0.15, -0.1) is 12.4 Å². The summed E-state index contributed by atoms with van der Waals surface area (Å²) in [4.78, 5) is 4.42. The van der Waals surface area contributed by atoms with Crippen molar-refractivity contribution in [1.29, 1.82) is 0 Å². The third-order valence-electron chi connectivity index (χ3n) is 4.29. The summed E-state index contributed by atoms with van der Waals surface area (Å²) in [6.07, 6.45) is 5.35.